The molecule has 1 amide bonds. The zero-order chi connectivity index (χ0) is 17.6. The number of fused-ring (bicyclic) bond motifs is 1. The number of primary amides is 1. The molecular weight excluding hydrogens is 325 g/mol. The summed E-state index contributed by atoms with van der Waals surface area (Å²) in [6.07, 6.45) is 0.155. The fourth-order valence-corrected chi connectivity index (χ4v) is 2.60. The van der Waals surface area contributed by atoms with Gasteiger partial charge in [0.2, 0.25) is 0 Å². The highest BCUT2D eigenvalue weighted by Gasteiger charge is 2.36. The van der Waals surface area contributed by atoms with Gasteiger partial charge in [-0.05, 0) is 25.1 Å². The highest BCUT2D eigenvalue weighted by molar-refractivity contribution is 5.91. The molecule has 1 unspecified atom stereocenters. The molecule has 0 bridgehead atoms. The Morgan fingerprint density at radius 3 is 2.71 bits per heavy atom. The SMILES string of the molecule is CC1(O)CCOc2c1cc(F)c(-c1nc(C(N)=O)ccc1F)c2F. The molecule has 3 N–H and O–H groups in total. The number of rotatable bonds is 2. The summed E-state index contributed by atoms with van der Waals surface area (Å²) in [7, 11) is 0. The smallest absolute Gasteiger partial charge is 0.267 e. The van der Waals surface area contributed by atoms with Crippen LogP contribution in [0.5, 0.6) is 5.75 Å². The van der Waals surface area contributed by atoms with Crippen molar-refractivity contribution in [3.63, 3.8) is 0 Å². The van der Waals surface area contributed by atoms with Gasteiger partial charge in [-0.25, -0.2) is 18.2 Å². The fourth-order valence-electron chi connectivity index (χ4n) is 2.60. The van der Waals surface area contributed by atoms with E-state index in [0.29, 0.717) is 0 Å². The van der Waals surface area contributed by atoms with Crippen LogP contribution in [-0.2, 0) is 5.60 Å². The third kappa shape index (κ3) is 2.48. The van der Waals surface area contributed by atoms with Crippen LogP contribution in [0, 0.1) is 17.5 Å². The molecule has 0 spiro atoms. The van der Waals surface area contributed by atoms with E-state index in [-0.39, 0.29) is 30.0 Å². The largest absolute Gasteiger partial charge is 0.490 e. The van der Waals surface area contributed by atoms with Gasteiger partial charge in [0.05, 0.1) is 17.8 Å². The summed E-state index contributed by atoms with van der Waals surface area (Å²) in [6, 6.07) is 2.74. The molecule has 5 nitrogen and oxygen atoms in total. The third-order valence-electron chi connectivity index (χ3n) is 3.92. The molecule has 24 heavy (non-hydrogen) atoms. The van der Waals surface area contributed by atoms with Crippen LogP contribution in [0.25, 0.3) is 11.3 Å². The molecule has 0 fully saturated rings. The number of carbonyl (C=O) groups excluding carboxylic acids is 1. The van der Waals surface area contributed by atoms with Crippen molar-refractivity contribution in [3.8, 4) is 17.0 Å². The Morgan fingerprint density at radius 2 is 2.04 bits per heavy atom. The third-order valence-corrected chi connectivity index (χ3v) is 3.92. The van der Waals surface area contributed by atoms with E-state index in [0.717, 1.165) is 18.2 Å². The van der Waals surface area contributed by atoms with Gasteiger partial charge < -0.3 is 15.6 Å². The number of amides is 1. The van der Waals surface area contributed by atoms with Crippen molar-refractivity contribution in [3.05, 3.63) is 46.9 Å². The van der Waals surface area contributed by atoms with Crippen molar-refractivity contribution >= 4 is 5.91 Å². The maximum Gasteiger partial charge on any atom is 0.267 e. The zero-order valence-corrected chi connectivity index (χ0v) is 12.6. The first kappa shape index (κ1) is 16.3. The van der Waals surface area contributed by atoms with E-state index in [9.17, 15) is 23.1 Å². The molecule has 126 valence electrons. The fraction of sp³-hybridized carbons (Fsp3) is 0.250. The average Bonchev–Trinajstić information content (AvgIpc) is 2.49. The minimum Gasteiger partial charge on any atom is -0.490 e. The highest BCUT2D eigenvalue weighted by Crippen LogP contribution is 2.43. The molecular formula is C16H13F3N2O3. The van der Waals surface area contributed by atoms with E-state index in [1.165, 1.54) is 6.92 Å². The number of carbonyl (C=O) groups is 1. The van der Waals surface area contributed by atoms with Crippen LogP contribution >= 0.6 is 0 Å². The standard InChI is InChI=1S/C16H13F3N2O3/c1-16(23)4-5-24-14-7(16)6-9(18)11(12(14)19)13-8(17)2-3-10(21-13)15(20)22/h2-3,6,23H,4-5H2,1H3,(H2,20,22). The van der Waals surface area contributed by atoms with Crippen LogP contribution in [0.15, 0.2) is 18.2 Å². The normalized spacial score (nSPS) is 19.5. The van der Waals surface area contributed by atoms with Gasteiger partial charge in [0, 0.05) is 12.0 Å². The molecule has 1 aliphatic heterocycles. The number of nitrogens with two attached hydrogens (primary N) is 1. The van der Waals surface area contributed by atoms with Gasteiger partial charge in [0.25, 0.3) is 5.91 Å². The Morgan fingerprint density at radius 1 is 1.33 bits per heavy atom. The van der Waals surface area contributed by atoms with E-state index in [2.05, 4.69) is 4.98 Å². The van der Waals surface area contributed by atoms with Gasteiger partial charge in [-0.15, -0.1) is 0 Å². The lowest BCUT2D eigenvalue weighted by Crippen LogP contribution is -2.30. The van der Waals surface area contributed by atoms with Gasteiger partial charge >= 0.3 is 0 Å². The molecule has 0 aliphatic carbocycles. The first-order chi connectivity index (χ1) is 11.2. The van der Waals surface area contributed by atoms with Crippen molar-refractivity contribution in [2.45, 2.75) is 18.9 Å². The Labute approximate surface area is 134 Å². The van der Waals surface area contributed by atoms with Gasteiger partial charge in [0.1, 0.15) is 23.0 Å². The summed E-state index contributed by atoms with van der Waals surface area (Å²) in [5.41, 5.74) is 1.70. The first-order valence-electron chi connectivity index (χ1n) is 7.06. The number of hydrogen-bond donors (Lipinski definition) is 2. The van der Waals surface area contributed by atoms with Gasteiger partial charge in [-0.1, -0.05) is 0 Å². The number of aromatic nitrogens is 1. The monoisotopic (exact) mass is 338 g/mol. The predicted octanol–water partition coefficient (Wildman–Crippen LogP) is 2.25. The molecule has 1 aliphatic rings. The number of nitrogens with zero attached hydrogens (tertiary/aromatic N) is 1. The Hall–Kier alpha value is -2.61. The van der Waals surface area contributed by atoms with Crippen LogP contribution in [0.1, 0.15) is 29.4 Å². The molecule has 0 saturated heterocycles. The molecule has 0 radical (unpaired) electrons. The summed E-state index contributed by atoms with van der Waals surface area (Å²) >= 11 is 0. The maximum absolute atomic E-state index is 14.8. The number of halogens is 3. The zero-order valence-electron chi connectivity index (χ0n) is 12.6. The molecule has 3 rings (SSSR count). The topological polar surface area (TPSA) is 85.4 Å². The number of ether oxygens (including phenoxy) is 1. The molecule has 2 heterocycles. The van der Waals surface area contributed by atoms with Crippen LogP contribution in [0.4, 0.5) is 13.2 Å². The summed E-state index contributed by atoms with van der Waals surface area (Å²) in [5, 5.41) is 10.2. The van der Waals surface area contributed by atoms with Crippen molar-refractivity contribution in [2.75, 3.05) is 6.61 Å². The number of benzene rings is 1. The number of hydrogen-bond acceptors (Lipinski definition) is 4. The molecule has 2 aromatic rings. The second kappa shape index (κ2) is 5.48. The van der Waals surface area contributed by atoms with Gasteiger partial charge in [-0.3, -0.25) is 4.79 Å². The predicted molar refractivity (Wildman–Crippen MR) is 77.7 cm³/mol. The Balaban J connectivity index is 2.28. The average molecular weight is 338 g/mol. The molecule has 0 saturated carbocycles. The lowest BCUT2D eigenvalue weighted by atomic mass is 9.88. The number of pyridine rings is 1. The van der Waals surface area contributed by atoms with E-state index in [4.69, 9.17) is 10.5 Å². The second-order valence-electron chi connectivity index (χ2n) is 5.69. The lowest BCUT2D eigenvalue weighted by molar-refractivity contribution is 0.0126. The minimum absolute atomic E-state index is 0.0131. The van der Waals surface area contributed by atoms with Gasteiger partial charge in [0.15, 0.2) is 11.6 Å². The summed E-state index contributed by atoms with van der Waals surface area (Å²) < 4.78 is 48.4. The Bertz CT molecular complexity index is 853. The first-order valence-corrected chi connectivity index (χ1v) is 7.06. The van der Waals surface area contributed by atoms with Crippen LogP contribution < -0.4 is 10.5 Å². The van der Waals surface area contributed by atoms with Crippen molar-refractivity contribution < 1.29 is 27.8 Å². The van der Waals surface area contributed by atoms with Gasteiger partial charge in [-0.2, -0.15) is 0 Å². The summed E-state index contributed by atoms with van der Waals surface area (Å²) in [6.45, 7) is 1.42. The summed E-state index contributed by atoms with van der Waals surface area (Å²) in [4.78, 5) is 14.8. The molecule has 1 atom stereocenters. The summed E-state index contributed by atoms with van der Waals surface area (Å²) in [5.74, 6) is -4.69. The Kier molecular flexibility index (Phi) is 3.71. The quantitative estimate of drug-likeness (QED) is 0.879. The van der Waals surface area contributed by atoms with Crippen molar-refractivity contribution in [2.24, 2.45) is 5.73 Å². The van der Waals surface area contributed by atoms with Crippen LogP contribution in [0.3, 0.4) is 0 Å². The maximum atomic E-state index is 14.8. The van der Waals surface area contributed by atoms with Crippen LogP contribution in [0.2, 0.25) is 0 Å². The van der Waals surface area contributed by atoms with Crippen molar-refractivity contribution in [1.82, 2.24) is 4.98 Å². The van der Waals surface area contributed by atoms with E-state index >= 15 is 0 Å². The minimum atomic E-state index is -1.48. The molecule has 8 heteroatoms. The van der Waals surface area contributed by atoms with Crippen molar-refractivity contribution in [1.29, 1.82) is 0 Å². The van der Waals surface area contributed by atoms with E-state index < -0.39 is 40.2 Å². The molecule has 1 aromatic carbocycles. The number of aliphatic hydroxyl groups is 1. The highest BCUT2D eigenvalue weighted by atomic mass is 19.1. The molecule has 1 aromatic heterocycles. The van der Waals surface area contributed by atoms with E-state index in [1.807, 2.05) is 0 Å². The lowest BCUT2D eigenvalue weighted by Gasteiger charge is -2.31. The second-order valence-corrected chi connectivity index (χ2v) is 5.69. The van der Waals surface area contributed by atoms with Crippen LogP contribution in [-0.4, -0.2) is 22.6 Å². The van der Waals surface area contributed by atoms with E-state index in [1.54, 1.807) is 0 Å².